The molecule has 0 N–H and O–H groups in total. The minimum absolute atomic E-state index is 0.516. The molecule has 0 aromatic rings. The summed E-state index contributed by atoms with van der Waals surface area (Å²) in [5, 5.41) is 0. The van der Waals surface area contributed by atoms with E-state index in [2.05, 4.69) is 61.6 Å². The molecule has 0 heterocycles. The van der Waals surface area contributed by atoms with Crippen molar-refractivity contribution in [2.75, 3.05) is 0 Å². The second kappa shape index (κ2) is 4.29. The van der Waals surface area contributed by atoms with Gasteiger partial charge in [-0.2, -0.15) is 0 Å². The van der Waals surface area contributed by atoms with Crippen LogP contribution in [0.4, 0.5) is 0 Å². The first-order valence-electron chi connectivity index (χ1n) is 2.48. The van der Waals surface area contributed by atoms with E-state index in [0.29, 0.717) is 14.5 Å². The van der Waals surface area contributed by atoms with Gasteiger partial charge >= 0.3 is 0 Å². The summed E-state index contributed by atoms with van der Waals surface area (Å²) < 4.78 is 0. The average Bonchev–Trinajstić information content (AvgIpc) is 1.64. The molecule has 0 aliphatic heterocycles. The molecule has 3 heteroatoms. The minimum Gasteiger partial charge on any atom is -0.0881 e. The molecule has 0 radical (unpaired) electrons. The molecule has 0 amide bonds. The quantitative estimate of drug-likeness (QED) is 0.687. The highest BCUT2D eigenvalue weighted by atomic mass is 79.9. The molecule has 0 saturated carbocycles. The highest BCUT2D eigenvalue weighted by Gasteiger charge is 2.14. The SMILES string of the molecule is CC(Br)C(Br)C(C)Br. The fraction of sp³-hybridized carbons (Fsp3) is 1.00. The molecule has 2 atom stereocenters. The molecule has 0 bridgehead atoms. The Morgan fingerprint density at radius 3 is 1.12 bits per heavy atom. The van der Waals surface area contributed by atoms with Crippen molar-refractivity contribution in [2.45, 2.75) is 28.3 Å². The third-order valence-electron chi connectivity index (χ3n) is 0.878. The number of alkyl halides is 3. The van der Waals surface area contributed by atoms with E-state index in [1.165, 1.54) is 0 Å². The van der Waals surface area contributed by atoms with Crippen LogP contribution in [0.25, 0.3) is 0 Å². The lowest BCUT2D eigenvalue weighted by atomic mass is 10.3. The fourth-order valence-corrected chi connectivity index (χ4v) is 1.69. The van der Waals surface area contributed by atoms with Crippen molar-refractivity contribution < 1.29 is 0 Å². The third-order valence-corrected chi connectivity index (χ3v) is 5.02. The van der Waals surface area contributed by atoms with Gasteiger partial charge in [-0.15, -0.1) is 0 Å². The summed E-state index contributed by atoms with van der Waals surface area (Å²) >= 11 is 10.4. The smallest absolute Gasteiger partial charge is 0.0390 e. The van der Waals surface area contributed by atoms with Gasteiger partial charge < -0.3 is 0 Å². The van der Waals surface area contributed by atoms with Gasteiger partial charge in [-0.05, 0) is 0 Å². The Morgan fingerprint density at radius 1 is 0.875 bits per heavy atom. The molecule has 2 unspecified atom stereocenters. The van der Waals surface area contributed by atoms with Crippen LogP contribution in [0.2, 0.25) is 0 Å². The van der Waals surface area contributed by atoms with Gasteiger partial charge in [0.2, 0.25) is 0 Å². The largest absolute Gasteiger partial charge is 0.0881 e. The summed E-state index contributed by atoms with van der Waals surface area (Å²) in [6.45, 7) is 4.24. The van der Waals surface area contributed by atoms with E-state index < -0.39 is 0 Å². The molecule has 0 aromatic carbocycles. The van der Waals surface area contributed by atoms with Crippen LogP contribution < -0.4 is 0 Å². The summed E-state index contributed by atoms with van der Waals surface area (Å²) in [6.07, 6.45) is 0. The Labute approximate surface area is 75.8 Å². The zero-order valence-corrected chi connectivity index (χ0v) is 9.62. The van der Waals surface area contributed by atoms with Gasteiger partial charge in [0, 0.05) is 14.5 Å². The standard InChI is InChI=1S/C5H9Br3/c1-3(6)5(8)4(2)7/h3-5H,1-2H3. The van der Waals surface area contributed by atoms with Gasteiger partial charge in [-0.3, -0.25) is 0 Å². The Hall–Kier alpha value is 1.44. The summed E-state index contributed by atoms with van der Waals surface area (Å²) in [5.74, 6) is 0. The highest BCUT2D eigenvalue weighted by Crippen LogP contribution is 2.21. The average molecular weight is 309 g/mol. The van der Waals surface area contributed by atoms with Gasteiger partial charge in [-0.1, -0.05) is 61.6 Å². The number of rotatable bonds is 2. The maximum atomic E-state index is 3.51. The Balaban J connectivity index is 3.46. The lowest BCUT2D eigenvalue weighted by molar-refractivity contribution is 0.858. The van der Waals surface area contributed by atoms with Crippen LogP contribution in [-0.4, -0.2) is 14.5 Å². The van der Waals surface area contributed by atoms with Crippen LogP contribution in [0.15, 0.2) is 0 Å². The predicted molar refractivity (Wildman–Crippen MR) is 49.5 cm³/mol. The van der Waals surface area contributed by atoms with Crippen LogP contribution in [0.3, 0.4) is 0 Å². The van der Waals surface area contributed by atoms with Crippen molar-refractivity contribution in [3.8, 4) is 0 Å². The van der Waals surface area contributed by atoms with E-state index >= 15 is 0 Å². The van der Waals surface area contributed by atoms with E-state index in [4.69, 9.17) is 0 Å². The first-order valence-corrected chi connectivity index (χ1v) is 5.22. The van der Waals surface area contributed by atoms with Crippen molar-refractivity contribution in [3.05, 3.63) is 0 Å². The van der Waals surface area contributed by atoms with Gasteiger partial charge in [0.05, 0.1) is 0 Å². The van der Waals surface area contributed by atoms with Gasteiger partial charge in [-0.25, -0.2) is 0 Å². The second-order valence-corrected chi connectivity index (χ2v) is 5.75. The predicted octanol–water partition coefficient (Wildman–Crippen LogP) is 3.32. The Bertz CT molecular complexity index is 52.7. The molecule has 0 spiro atoms. The lowest BCUT2D eigenvalue weighted by Gasteiger charge is -2.13. The molecule has 0 rings (SSSR count). The van der Waals surface area contributed by atoms with Crippen LogP contribution in [0.1, 0.15) is 13.8 Å². The number of hydrogen-bond donors (Lipinski definition) is 0. The van der Waals surface area contributed by atoms with Gasteiger partial charge in [0.1, 0.15) is 0 Å². The number of hydrogen-bond acceptors (Lipinski definition) is 0. The molecular formula is C5H9Br3. The van der Waals surface area contributed by atoms with Crippen molar-refractivity contribution in [1.29, 1.82) is 0 Å². The monoisotopic (exact) mass is 306 g/mol. The van der Waals surface area contributed by atoms with Crippen molar-refractivity contribution >= 4 is 47.8 Å². The fourth-order valence-electron chi connectivity index (χ4n) is 0.365. The second-order valence-electron chi connectivity index (χ2n) is 1.80. The first-order chi connectivity index (χ1) is 3.55. The van der Waals surface area contributed by atoms with Crippen molar-refractivity contribution in [1.82, 2.24) is 0 Å². The molecule has 0 nitrogen and oxygen atoms in total. The zero-order valence-electron chi connectivity index (χ0n) is 4.87. The Morgan fingerprint density at radius 2 is 1.12 bits per heavy atom. The molecule has 0 aliphatic rings. The van der Waals surface area contributed by atoms with Gasteiger partial charge in [0.25, 0.3) is 0 Å². The molecule has 50 valence electrons. The molecule has 0 aliphatic carbocycles. The maximum absolute atomic E-state index is 3.51. The van der Waals surface area contributed by atoms with E-state index in [1.54, 1.807) is 0 Å². The zero-order chi connectivity index (χ0) is 6.73. The minimum atomic E-state index is 0.516. The van der Waals surface area contributed by atoms with Crippen LogP contribution >= 0.6 is 47.8 Å². The molecule has 0 fully saturated rings. The lowest BCUT2D eigenvalue weighted by Crippen LogP contribution is -2.18. The summed E-state index contributed by atoms with van der Waals surface area (Å²) in [5.41, 5.74) is 0. The van der Waals surface area contributed by atoms with E-state index in [1.807, 2.05) is 0 Å². The summed E-state index contributed by atoms with van der Waals surface area (Å²) in [4.78, 5) is 1.57. The molecule has 8 heavy (non-hydrogen) atoms. The highest BCUT2D eigenvalue weighted by molar-refractivity contribution is 9.13. The van der Waals surface area contributed by atoms with Crippen molar-refractivity contribution in [2.24, 2.45) is 0 Å². The number of halogens is 3. The normalized spacial score (nSPS) is 22.1. The van der Waals surface area contributed by atoms with Crippen LogP contribution in [0.5, 0.6) is 0 Å². The summed E-state index contributed by atoms with van der Waals surface area (Å²) in [6, 6.07) is 0. The van der Waals surface area contributed by atoms with Crippen LogP contribution in [0, 0.1) is 0 Å². The topological polar surface area (TPSA) is 0 Å². The first kappa shape index (κ1) is 9.44. The maximum Gasteiger partial charge on any atom is 0.0390 e. The molecule has 0 saturated heterocycles. The van der Waals surface area contributed by atoms with Crippen LogP contribution in [-0.2, 0) is 0 Å². The Kier molecular flexibility index (Phi) is 5.06. The van der Waals surface area contributed by atoms with E-state index in [-0.39, 0.29) is 0 Å². The van der Waals surface area contributed by atoms with E-state index in [9.17, 15) is 0 Å². The summed E-state index contributed by atoms with van der Waals surface area (Å²) in [7, 11) is 0. The van der Waals surface area contributed by atoms with E-state index in [0.717, 1.165) is 0 Å². The van der Waals surface area contributed by atoms with Crippen molar-refractivity contribution in [3.63, 3.8) is 0 Å². The van der Waals surface area contributed by atoms with Gasteiger partial charge in [0.15, 0.2) is 0 Å². The third kappa shape index (κ3) is 3.46. The molecule has 0 aromatic heterocycles. The molecular weight excluding hydrogens is 300 g/mol.